The van der Waals surface area contributed by atoms with E-state index < -0.39 is 0 Å². The van der Waals surface area contributed by atoms with Gasteiger partial charge in [0.2, 0.25) is 5.78 Å². The molecule has 0 bridgehead atoms. The summed E-state index contributed by atoms with van der Waals surface area (Å²) in [7, 11) is 0. The van der Waals surface area contributed by atoms with Crippen molar-refractivity contribution in [2.24, 2.45) is 4.99 Å². The number of hydrogen-bond donors (Lipinski definition) is 2. The Balaban J connectivity index is 0.000000276. The van der Waals surface area contributed by atoms with Gasteiger partial charge in [0, 0.05) is 39.7 Å². The highest BCUT2D eigenvalue weighted by molar-refractivity contribution is 9.09. The summed E-state index contributed by atoms with van der Waals surface area (Å²) in [5.41, 5.74) is 9.08. The van der Waals surface area contributed by atoms with E-state index in [2.05, 4.69) is 86.1 Å². The number of halogens is 1. The summed E-state index contributed by atoms with van der Waals surface area (Å²) >= 11 is 12.2. The third-order valence-corrected chi connectivity index (χ3v) is 12.0. The summed E-state index contributed by atoms with van der Waals surface area (Å²) in [5, 5.41) is 6.53. The van der Waals surface area contributed by atoms with E-state index in [9.17, 15) is 9.59 Å². The minimum atomic E-state index is -0.115. The minimum Gasteiger partial charge on any atom is -0.492 e. The van der Waals surface area contributed by atoms with E-state index in [1.54, 1.807) is 29.6 Å². The van der Waals surface area contributed by atoms with Crippen LogP contribution in [0.25, 0.3) is 0 Å². The van der Waals surface area contributed by atoms with Crippen LogP contribution in [0.15, 0.2) is 112 Å². The summed E-state index contributed by atoms with van der Waals surface area (Å²) in [6.07, 6.45) is 3.98. The van der Waals surface area contributed by atoms with Gasteiger partial charge >= 0.3 is 0 Å². The molecule has 0 aliphatic rings. The van der Waals surface area contributed by atoms with Gasteiger partial charge in [0.15, 0.2) is 10.9 Å². The minimum absolute atomic E-state index is 0.115. The first-order valence-electron chi connectivity index (χ1n) is 19.5. The first-order chi connectivity index (χ1) is 29.1. The van der Waals surface area contributed by atoms with Gasteiger partial charge in [-0.25, -0.2) is 4.98 Å². The van der Waals surface area contributed by atoms with Crippen molar-refractivity contribution in [1.29, 1.82) is 0 Å². The first-order valence-corrected chi connectivity index (χ1v) is 24.3. The van der Waals surface area contributed by atoms with Crippen molar-refractivity contribution in [3.8, 4) is 11.5 Å². The van der Waals surface area contributed by atoms with E-state index in [4.69, 9.17) is 15.2 Å². The number of benzene rings is 4. The number of ether oxygens (including phenoxy) is 2. The fourth-order valence-corrected chi connectivity index (χ4v) is 7.62. The van der Waals surface area contributed by atoms with Crippen LogP contribution in [-0.2, 0) is 0 Å². The van der Waals surface area contributed by atoms with Crippen LogP contribution in [0.5, 0.6) is 11.5 Å². The number of ketones is 2. The van der Waals surface area contributed by atoms with Crippen LogP contribution in [-0.4, -0.2) is 102 Å². The van der Waals surface area contributed by atoms with Gasteiger partial charge in [-0.1, -0.05) is 79.2 Å². The zero-order chi connectivity index (χ0) is 43.7. The van der Waals surface area contributed by atoms with Gasteiger partial charge in [-0.15, -0.1) is 23.5 Å². The number of Topliss-reactive ketones (excluding diaryl/α,β-unsaturated/α-hetero) is 1. The standard InChI is InChI=1S/C23H28N4O2S2.C13H18N2OS.C9H9BrOS/c1-4-27(5-2)13-14-29-18-11-9-17(10-12-18)25-23-26-22(24)21(31-23)20(28)16-7-6-8-19(15-16)30-3;1-3-15(4-2)9-10-16-13-7-5-12(6-8-13)14-11-17;1-12-8-4-2-3-7(5-8)9(11)6-10/h6-12,15H,4-5,13-14,24H2,1-3H3,(H,25,26);5-8H,3-4,9-10H2,1-2H3;2-5H,6H2,1H3. The van der Waals surface area contributed by atoms with Crippen molar-refractivity contribution in [3.63, 3.8) is 0 Å². The number of hydrogen-bond acceptors (Lipinski definition) is 14. The number of thiazole rings is 1. The molecule has 0 amide bonds. The van der Waals surface area contributed by atoms with Crippen molar-refractivity contribution in [3.05, 3.63) is 113 Å². The normalized spacial score (nSPS) is 10.5. The SMILES string of the molecule is CCN(CC)CCOc1ccc(N=C=S)cc1.CCN(CC)CCOc1ccc(Nc2nc(N)c(C(=O)c3cccc(SC)c3)s2)cc1.CSc1cccc(C(=O)CBr)c1. The number of isothiocyanates is 1. The Hall–Kier alpha value is -4.05. The molecule has 10 nitrogen and oxygen atoms in total. The number of thiocarbonyl (C=S) groups is 1. The number of aliphatic imine (C=N–C) groups is 1. The Morgan fingerprint density at radius 1 is 0.800 bits per heavy atom. The number of likely N-dealkylation sites (N-methyl/N-ethyl adjacent to an activating group) is 2. The molecule has 1 aromatic heterocycles. The van der Waals surface area contributed by atoms with E-state index in [1.807, 2.05) is 104 Å². The van der Waals surface area contributed by atoms with E-state index in [0.717, 1.165) is 77.5 Å². The Labute approximate surface area is 381 Å². The summed E-state index contributed by atoms with van der Waals surface area (Å²) in [4.78, 5) is 39.6. The fraction of sp³-hybridized carbons (Fsp3) is 0.333. The lowest BCUT2D eigenvalue weighted by atomic mass is 10.1. The largest absolute Gasteiger partial charge is 0.492 e. The van der Waals surface area contributed by atoms with Crippen molar-refractivity contribution in [2.75, 3.05) is 81.4 Å². The number of alkyl halides is 1. The third-order valence-electron chi connectivity index (χ3n) is 8.96. The lowest BCUT2D eigenvalue weighted by molar-refractivity contribution is 0.102. The van der Waals surface area contributed by atoms with E-state index >= 15 is 0 Å². The molecule has 0 aliphatic carbocycles. The van der Waals surface area contributed by atoms with Crippen LogP contribution in [0.4, 0.5) is 22.3 Å². The number of nitrogens with two attached hydrogens (primary N) is 1. The molecule has 15 heteroatoms. The predicted molar refractivity (Wildman–Crippen MR) is 262 cm³/mol. The number of nitrogen functional groups attached to an aromatic ring is 1. The average molecular weight is 952 g/mol. The molecule has 0 radical (unpaired) electrons. The van der Waals surface area contributed by atoms with E-state index in [-0.39, 0.29) is 17.4 Å². The summed E-state index contributed by atoms with van der Waals surface area (Å²) in [6.45, 7) is 16.0. The molecule has 0 fully saturated rings. The Morgan fingerprint density at radius 3 is 1.78 bits per heavy atom. The zero-order valence-corrected chi connectivity index (χ0v) is 40.0. The zero-order valence-electron chi connectivity index (χ0n) is 35.1. The van der Waals surface area contributed by atoms with Gasteiger partial charge in [0.25, 0.3) is 0 Å². The maximum Gasteiger partial charge on any atom is 0.206 e. The molecule has 0 saturated carbocycles. The molecule has 0 aliphatic heterocycles. The molecule has 5 aromatic rings. The molecule has 3 N–H and O–H groups in total. The van der Waals surface area contributed by atoms with Crippen LogP contribution in [0.3, 0.4) is 0 Å². The number of rotatable bonds is 21. The fourth-order valence-electron chi connectivity index (χ4n) is 5.41. The molecule has 4 aromatic carbocycles. The topological polar surface area (TPSA) is 122 Å². The number of aromatic nitrogens is 1. The van der Waals surface area contributed by atoms with Gasteiger partial charge in [-0.05, 0) is 124 Å². The van der Waals surface area contributed by atoms with Crippen LogP contribution >= 0.6 is 63.0 Å². The number of carbonyl (C=O) groups excluding carboxylic acids is 2. The second kappa shape index (κ2) is 28.5. The number of anilines is 3. The van der Waals surface area contributed by atoms with Crippen molar-refractivity contribution < 1.29 is 19.1 Å². The number of thioether (sulfide) groups is 2. The maximum absolute atomic E-state index is 12.9. The number of carbonyl (C=O) groups is 2. The summed E-state index contributed by atoms with van der Waals surface area (Å²) in [5.74, 6) is 1.94. The Morgan fingerprint density at radius 2 is 1.30 bits per heavy atom. The van der Waals surface area contributed by atoms with Gasteiger partial charge < -0.3 is 30.3 Å². The quantitative estimate of drug-likeness (QED) is 0.0239. The highest BCUT2D eigenvalue weighted by atomic mass is 79.9. The Kier molecular flexibility index (Phi) is 23.9. The number of nitrogens with one attached hydrogen (secondary N) is 1. The highest BCUT2D eigenvalue weighted by Gasteiger charge is 2.18. The van der Waals surface area contributed by atoms with E-state index in [0.29, 0.717) is 34.1 Å². The number of nitrogens with zero attached hydrogens (tertiary/aromatic N) is 4. The monoisotopic (exact) mass is 950 g/mol. The van der Waals surface area contributed by atoms with Crippen molar-refractivity contribution in [2.45, 2.75) is 37.5 Å². The molecule has 0 saturated heterocycles. The first kappa shape index (κ1) is 50.3. The summed E-state index contributed by atoms with van der Waals surface area (Å²) < 4.78 is 11.5. The maximum atomic E-state index is 12.9. The van der Waals surface area contributed by atoms with Gasteiger partial charge in [-0.2, -0.15) is 4.99 Å². The molecule has 320 valence electrons. The van der Waals surface area contributed by atoms with Crippen LogP contribution in [0.2, 0.25) is 0 Å². The van der Waals surface area contributed by atoms with Crippen LogP contribution in [0.1, 0.15) is 53.3 Å². The third kappa shape index (κ3) is 17.5. The second-order valence-electron chi connectivity index (χ2n) is 12.7. The predicted octanol–water partition coefficient (Wildman–Crippen LogP) is 11.3. The second-order valence-corrected chi connectivity index (χ2v) is 16.2. The smallest absolute Gasteiger partial charge is 0.206 e. The summed E-state index contributed by atoms with van der Waals surface area (Å²) in [6, 6.07) is 30.4. The van der Waals surface area contributed by atoms with Gasteiger partial charge in [-0.3, -0.25) is 9.59 Å². The average Bonchev–Trinajstić information content (AvgIpc) is 3.66. The lowest BCUT2D eigenvalue weighted by Crippen LogP contribution is -2.27. The molecule has 0 spiro atoms. The van der Waals surface area contributed by atoms with Crippen molar-refractivity contribution in [1.82, 2.24) is 14.8 Å². The van der Waals surface area contributed by atoms with Crippen LogP contribution in [0, 0.1) is 0 Å². The molecule has 1 heterocycles. The highest BCUT2D eigenvalue weighted by Crippen LogP contribution is 2.31. The Bertz CT molecular complexity index is 2090. The molecule has 60 heavy (non-hydrogen) atoms. The van der Waals surface area contributed by atoms with Gasteiger partial charge in [0.05, 0.1) is 16.2 Å². The van der Waals surface area contributed by atoms with Crippen LogP contribution < -0.4 is 20.5 Å². The molecule has 0 atom stereocenters. The van der Waals surface area contributed by atoms with E-state index in [1.165, 1.54) is 11.3 Å². The van der Waals surface area contributed by atoms with Crippen molar-refractivity contribution >= 4 is 102 Å². The van der Waals surface area contributed by atoms with Gasteiger partial charge in [0.1, 0.15) is 35.4 Å². The molecular formula is C45H55BrN6O4S4. The molecular weight excluding hydrogens is 897 g/mol. The molecule has 5 rings (SSSR count). The lowest BCUT2D eigenvalue weighted by Gasteiger charge is -2.18. The molecule has 0 unspecified atom stereocenters.